The van der Waals surface area contributed by atoms with Gasteiger partial charge in [-0.25, -0.2) is 0 Å². The van der Waals surface area contributed by atoms with E-state index in [2.05, 4.69) is 17.3 Å². The predicted octanol–water partition coefficient (Wildman–Crippen LogP) is 5.84. The molecule has 3 aromatic carbocycles. The summed E-state index contributed by atoms with van der Waals surface area (Å²) >= 11 is 5.96. The fraction of sp³-hybridized carbons (Fsp3) is 0.200. The Kier molecular flexibility index (Phi) is 8.07. The molecule has 0 aliphatic heterocycles. The van der Waals surface area contributed by atoms with Crippen molar-refractivity contribution >= 4 is 23.3 Å². The quantitative estimate of drug-likeness (QED) is 0.245. The van der Waals surface area contributed by atoms with Crippen LogP contribution in [0, 0.1) is 0 Å². The van der Waals surface area contributed by atoms with E-state index in [9.17, 15) is 4.79 Å². The molecule has 0 saturated carbocycles. The molecule has 0 aliphatic carbocycles. The first kappa shape index (κ1) is 22.4. The van der Waals surface area contributed by atoms with Crippen LogP contribution in [-0.2, 0) is 16.1 Å². The number of hydrogen-bond donors (Lipinski definition) is 1. The number of ether oxygens (including phenoxy) is 1. The van der Waals surface area contributed by atoms with Crippen LogP contribution in [0.4, 0.5) is 0 Å². The fourth-order valence-electron chi connectivity index (χ4n) is 3.06. The van der Waals surface area contributed by atoms with Crippen molar-refractivity contribution in [2.24, 2.45) is 5.16 Å². The fourth-order valence-corrected chi connectivity index (χ4v) is 3.18. The van der Waals surface area contributed by atoms with Crippen molar-refractivity contribution < 1.29 is 19.5 Å². The molecule has 0 spiro atoms. The summed E-state index contributed by atoms with van der Waals surface area (Å²) in [4.78, 5) is 16.3. The van der Waals surface area contributed by atoms with E-state index in [0.29, 0.717) is 17.9 Å². The first-order valence-corrected chi connectivity index (χ1v) is 10.4. The van der Waals surface area contributed by atoms with Gasteiger partial charge in [0, 0.05) is 5.02 Å². The maximum Gasteiger partial charge on any atom is 0.307 e. The molecule has 3 aromatic rings. The van der Waals surface area contributed by atoms with Gasteiger partial charge in [0.25, 0.3) is 0 Å². The van der Waals surface area contributed by atoms with Crippen LogP contribution in [-0.4, -0.2) is 30.0 Å². The smallest absolute Gasteiger partial charge is 0.307 e. The zero-order valence-corrected chi connectivity index (χ0v) is 18.0. The van der Waals surface area contributed by atoms with Crippen molar-refractivity contribution in [3.8, 4) is 16.9 Å². The van der Waals surface area contributed by atoms with E-state index in [1.54, 1.807) is 24.3 Å². The molecule has 6 heteroatoms. The van der Waals surface area contributed by atoms with E-state index in [1.807, 2.05) is 43.3 Å². The minimum Gasteiger partial charge on any atom is -0.490 e. The van der Waals surface area contributed by atoms with E-state index in [0.717, 1.165) is 33.8 Å². The number of carboxylic acids is 1. The minimum absolute atomic E-state index is 0.0331. The Labute approximate surface area is 186 Å². The molecule has 0 aliphatic rings. The van der Waals surface area contributed by atoms with Crippen LogP contribution in [0.1, 0.15) is 24.5 Å². The van der Waals surface area contributed by atoms with Gasteiger partial charge in [0.15, 0.2) is 6.61 Å². The summed E-state index contributed by atoms with van der Waals surface area (Å²) in [7, 11) is 0. The van der Waals surface area contributed by atoms with Crippen LogP contribution >= 0.6 is 11.6 Å². The topological polar surface area (TPSA) is 68.1 Å². The van der Waals surface area contributed by atoms with Crippen molar-refractivity contribution in [2.45, 2.75) is 19.8 Å². The van der Waals surface area contributed by atoms with Crippen molar-refractivity contribution in [2.75, 3.05) is 13.2 Å². The highest BCUT2D eigenvalue weighted by Gasteiger charge is 2.05. The summed E-state index contributed by atoms with van der Waals surface area (Å²) in [5.41, 5.74) is 4.76. The third kappa shape index (κ3) is 6.86. The largest absolute Gasteiger partial charge is 0.490 e. The van der Waals surface area contributed by atoms with Gasteiger partial charge in [-0.2, -0.15) is 0 Å². The molecule has 0 bridgehead atoms. The van der Waals surface area contributed by atoms with Crippen molar-refractivity contribution in [1.29, 1.82) is 0 Å². The summed E-state index contributed by atoms with van der Waals surface area (Å²) in [6.07, 6.45) is 0.701. The maximum absolute atomic E-state index is 10.8. The van der Waals surface area contributed by atoms with Crippen LogP contribution in [0.2, 0.25) is 5.02 Å². The molecule has 5 nitrogen and oxygen atoms in total. The standard InChI is InChI=1S/C25H24ClNO4/c1-2-24(21-8-6-19(7-9-21)20-10-12-22(26)13-11-20)27-31-15-14-30-23-5-3-4-18(16-23)17-25(28)29/h3-13,16H,2,14-15,17H2,1H3,(H,28,29)/b27-24+. The van der Waals surface area contributed by atoms with E-state index in [1.165, 1.54) is 0 Å². The third-order valence-electron chi connectivity index (χ3n) is 4.60. The Hall–Kier alpha value is -3.31. The summed E-state index contributed by atoms with van der Waals surface area (Å²) in [6.45, 7) is 2.63. The molecule has 160 valence electrons. The molecule has 1 N–H and O–H groups in total. The third-order valence-corrected chi connectivity index (χ3v) is 4.85. The summed E-state index contributed by atoms with van der Waals surface area (Å²) in [5, 5.41) is 13.8. The number of nitrogens with zero attached hydrogens (tertiary/aromatic N) is 1. The number of aliphatic carboxylic acids is 1. The van der Waals surface area contributed by atoms with Gasteiger partial charge >= 0.3 is 5.97 Å². The Morgan fingerprint density at radius 1 is 0.968 bits per heavy atom. The second kappa shape index (κ2) is 11.2. The lowest BCUT2D eigenvalue weighted by atomic mass is 10.0. The van der Waals surface area contributed by atoms with E-state index in [-0.39, 0.29) is 13.0 Å². The molecule has 0 radical (unpaired) electrons. The number of oxime groups is 1. The van der Waals surface area contributed by atoms with Crippen LogP contribution in [0.15, 0.2) is 78.0 Å². The Bertz CT molecular complexity index is 1030. The molecule has 31 heavy (non-hydrogen) atoms. The van der Waals surface area contributed by atoms with Gasteiger partial charge in [-0.05, 0) is 52.9 Å². The highest BCUT2D eigenvalue weighted by Crippen LogP contribution is 2.22. The molecule has 0 aromatic heterocycles. The summed E-state index contributed by atoms with van der Waals surface area (Å²) in [6, 6.07) is 22.9. The summed E-state index contributed by atoms with van der Waals surface area (Å²) in [5.74, 6) is -0.261. The van der Waals surface area contributed by atoms with Gasteiger partial charge in [0.1, 0.15) is 12.4 Å². The van der Waals surface area contributed by atoms with E-state index < -0.39 is 5.97 Å². The Balaban J connectivity index is 1.52. The van der Waals surface area contributed by atoms with Crippen molar-refractivity contribution in [1.82, 2.24) is 0 Å². The minimum atomic E-state index is -0.872. The molecule has 0 unspecified atom stereocenters. The molecule has 0 atom stereocenters. The molecule has 3 rings (SSSR count). The SMILES string of the molecule is CC/C(=N\OCCOc1cccc(CC(=O)O)c1)c1ccc(-c2ccc(Cl)cc2)cc1. The van der Waals surface area contributed by atoms with Gasteiger partial charge < -0.3 is 14.7 Å². The van der Waals surface area contributed by atoms with Crippen LogP contribution < -0.4 is 4.74 Å². The molecule has 0 fully saturated rings. The van der Waals surface area contributed by atoms with Crippen molar-refractivity contribution in [3.05, 3.63) is 88.9 Å². The highest BCUT2D eigenvalue weighted by molar-refractivity contribution is 6.30. The first-order valence-electron chi connectivity index (χ1n) is 10.0. The molecule has 0 saturated heterocycles. The second-order valence-corrected chi connectivity index (χ2v) is 7.31. The van der Waals surface area contributed by atoms with Crippen LogP contribution in [0.25, 0.3) is 11.1 Å². The Morgan fingerprint density at radius 2 is 1.65 bits per heavy atom. The molecular weight excluding hydrogens is 414 g/mol. The Morgan fingerprint density at radius 3 is 2.29 bits per heavy atom. The molecule has 0 amide bonds. The van der Waals surface area contributed by atoms with Gasteiger partial charge in [-0.3, -0.25) is 4.79 Å². The lowest BCUT2D eigenvalue weighted by Gasteiger charge is -2.09. The normalized spacial score (nSPS) is 11.2. The lowest BCUT2D eigenvalue weighted by molar-refractivity contribution is -0.136. The zero-order chi connectivity index (χ0) is 22.1. The maximum atomic E-state index is 10.8. The lowest BCUT2D eigenvalue weighted by Crippen LogP contribution is -2.07. The zero-order valence-electron chi connectivity index (χ0n) is 17.3. The first-order chi connectivity index (χ1) is 15.0. The van der Waals surface area contributed by atoms with Gasteiger partial charge in [-0.15, -0.1) is 0 Å². The number of halogens is 1. The molecule has 0 heterocycles. The number of benzene rings is 3. The van der Waals surface area contributed by atoms with Crippen LogP contribution in [0.5, 0.6) is 5.75 Å². The molecular formula is C25H24ClNO4. The average Bonchev–Trinajstić information content (AvgIpc) is 2.77. The van der Waals surface area contributed by atoms with Crippen LogP contribution in [0.3, 0.4) is 0 Å². The van der Waals surface area contributed by atoms with Gasteiger partial charge in [0.05, 0.1) is 12.1 Å². The van der Waals surface area contributed by atoms with Gasteiger partial charge in [-0.1, -0.05) is 72.2 Å². The van der Waals surface area contributed by atoms with Crippen molar-refractivity contribution in [3.63, 3.8) is 0 Å². The summed E-state index contributed by atoms with van der Waals surface area (Å²) < 4.78 is 5.63. The highest BCUT2D eigenvalue weighted by atomic mass is 35.5. The second-order valence-electron chi connectivity index (χ2n) is 6.88. The number of rotatable bonds is 10. The average molecular weight is 438 g/mol. The number of carbonyl (C=O) groups is 1. The van der Waals surface area contributed by atoms with E-state index in [4.69, 9.17) is 26.3 Å². The predicted molar refractivity (Wildman–Crippen MR) is 123 cm³/mol. The number of carboxylic acid groups (broad SMARTS) is 1. The number of hydrogen-bond acceptors (Lipinski definition) is 4. The van der Waals surface area contributed by atoms with Gasteiger partial charge in [0.2, 0.25) is 0 Å². The van der Waals surface area contributed by atoms with E-state index >= 15 is 0 Å². The monoisotopic (exact) mass is 437 g/mol.